The third kappa shape index (κ3) is 4.69. The van der Waals surface area contributed by atoms with Gasteiger partial charge in [-0.2, -0.15) is 13.2 Å². The summed E-state index contributed by atoms with van der Waals surface area (Å²) in [5, 5.41) is 10.6. The Labute approximate surface area is 168 Å². The summed E-state index contributed by atoms with van der Waals surface area (Å²) in [4.78, 5) is 14.8. The second-order valence-electron chi connectivity index (χ2n) is 8.14. The Morgan fingerprint density at radius 1 is 1.14 bits per heavy atom. The van der Waals surface area contributed by atoms with Crippen molar-refractivity contribution in [1.29, 1.82) is 0 Å². The molecule has 29 heavy (non-hydrogen) atoms. The van der Waals surface area contributed by atoms with Crippen molar-refractivity contribution in [2.24, 2.45) is 5.41 Å². The number of hydrogen-bond acceptors (Lipinski definition) is 4. The number of anilines is 1. The first-order valence-corrected chi connectivity index (χ1v) is 10.0. The van der Waals surface area contributed by atoms with Gasteiger partial charge in [-0.15, -0.1) is 0 Å². The van der Waals surface area contributed by atoms with Crippen LogP contribution < -0.4 is 9.64 Å². The predicted octanol–water partition coefficient (Wildman–Crippen LogP) is 4.08. The second kappa shape index (κ2) is 8.14. The normalized spacial score (nSPS) is 28.8. The highest BCUT2D eigenvalue weighted by molar-refractivity contribution is 6.00. The number of alkyl halides is 3. The maximum absolute atomic E-state index is 13.1. The lowest BCUT2D eigenvalue weighted by Gasteiger charge is -2.40. The summed E-state index contributed by atoms with van der Waals surface area (Å²) in [6.45, 7) is 4.22. The van der Waals surface area contributed by atoms with Gasteiger partial charge in [0.2, 0.25) is 5.91 Å². The van der Waals surface area contributed by atoms with Crippen molar-refractivity contribution in [3.63, 3.8) is 0 Å². The quantitative estimate of drug-likeness (QED) is 0.761. The molecule has 1 spiro atoms. The summed E-state index contributed by atoms with van der Waals surface area (Å²) in [5.74, 6) is 0.131. The van der Waals surface area contributed by atoms with E-state index in [-0.39, 0.29) is 18.3 Å². The topological polar surface area (TPSA) is 59.0 Å². The first-order chi connectivity index (χ1) is 13.6. The molecule has 2 fully saturated rings. The van der Waals surface area contributed by atoms with Gasteiger partial charge >= 0.3 is 6.18 Å². The number of amides is 1. The fourth-order valence-corrected chi connectivity index (χ4v) is 4.14. The number of nitrogens with zero attached hydrogens (tertiary/aromatic N) is 1. The van der Waals surface area contributed by atoms with E-state index >= 15 is 0 Å². The number of carbonyl (C=O) groups is 1. The van der Waals surface area contributed by atoms with Gasteiger partial charge < -0.3 is 19.5 Å². The number of carbonyl (C=O) groups excluding carboxylic acids is 1. The van der Waals surface area contributed by atoms with Gasteiger partial charge in [0.15, 0.2) is 6.10 Å². The molecule has 1 aliphatic carbocycles. The number of aliphatic hydroxyl groups is 1. The second-order valence-corrected chi connectivity index (χ2v) is 8.14. The van der Waals surface area contributed by atoms with Crippen molar-refractivity contribution in [3.05, 3.63) is 24.3 Å². The van der Waals surface area contributed by atoms with Crippen LogP contribution in [-0.4, -0.2) is 48.7 Å². The first-order valence-electron chi connectivity index (χ1n) is 10.0. The minimum absolute atomic E-state index is 0.0216. The monoisotopic (exact) mass is 415 g/mol. The van der Waals surface area contributed by atoms with Crippen LogP contribution in [0.15, 0.2) is 24.3 Å². The van der Waals surface area contributed by atoms with Crippen molar-refractivity contribution >= 4 is 11.6 Å². The lowest BCUT2D eigenvalue weighted by molar-refractivity contribution is -0.189. The number of hydrogen-bond donors (Lipinski definition) is 1. The van der Waals surface area contributed by atoms with Gasteiger partial charge in [0.25, 0.3) is 0 Å². The number of ether oxygens (including phenoxy) is 2. The molecule has 1 saturated heterocycles. The summed E-state index contributed by atoms with van der Waals surface area (Å²) in [7, 11) is 0. The van der Waals surface area contributed by atoms with Crippen LogP contribution >= 0.6 is 0 Å². The Bertz CT molecular complexity index is 712. The molecule has 0 aromatic heterocycles. The van der Waals surface area contributed by atoms with E-state index in [1.54, 1.807) is 17.0 Å². The fourth-order valence-electron chi connectivity index (χ4n) is 4.14. The molecule has 1 N–H and O–H groups in total. The molecule has 3 rings (SSSR count). The van der Waals surface area contributed by atoms with Crippen molar-refractivity contribution < 1.29 is 32.5 Å². The molecule has 162 valence electrons. The summed E-state index contributed by atoms with van der Waals surface area (Å²) in [6.07, 6.45) is -3.36. The average molecular weight is 415 g/mol. The minimum atomic E-state index is -4.43. The highest BCUT2D eigenvalue weighted by Crippen LogP contribution is 2.48. The molecule has 2 aliphatic rings. The molecule has 5 nitrogen and oxygen atoms in total. The van der Waals surface area contributed by atoms with E-state index in [9.17, 15) is 23.1 Å². The molecule has 1 amide bonds. The van der Waals surface area contributed by atoms with E-state index in [1.165, 1.54) is 12.1 Å². The predicted molar refractivity (Wildman–Crippen MR) is 102 cm³/mol. The smallest absolute Gasteiger partial charge is 0.425 e. The number of benzene rings is 1. The van der Waals surface area contributed by atoms with Gasteiger partial charge in [-0.3, -0.25) is 4.79 Å². The lowest BCUT2D eigenvalue weighted by Crippen LogP contribution is -2.45. The zero-order valence-electron chi connectivity index (χ0n) is 16.8. The van der Waals surface area contributed by atoms with E-state index in [1.807, 2.05) is 6.92 Å². The Morgan fingerprint density at radius 3 is 2.31 bits per heavy atom. The van der Waals surface area contributed by atoms with Gasteiger partial charge in [0, 0.05) is 18.8 Å². The largest absolute Gasteiger partial charge is 0.481 e. The Kier molecular flexibility index (Phi) is 6.15. The van der Waals surface area contributed by atoms with Crippen LogP contribution in [0.1, 0.15) is 46.0 Å². The van der Waals surface area contributed by atoms with Crippen molar-refractivity contribution in [1.82, 2.24) is 0 Å². The van der Waals surface area contributed by atoms with Crippen molar-refractivity contribution in [2.75, 3.05) is 24.7 Å². The van der Waals surface area contributed by atoms with Crippen molar-refractivity contribution in [3.8, 4) is 5.75 Å². The molecule has 0 unspecified atom stereocenters. The molecule has 8 heteroatoms. The maximum atomic E-state index is 13.1. The Hall–Kier alpha value is -1.80. The van der Waals surface area contributed by atoms with E-state index < -0.39 is 23.3 Å². The summed E-state index contributed by atoms with van der Waals surface area (Å²) in [5.41, 5.74) is -0.698. The molecule has 1 atom stereocenters. The highest BCUT2D eigenvalue weighted by Gasteiger charge is 2.51. The third-order valence-electron chi connectivity index (χ3n) is 6.15. The van der Waals surface area contributed by atoms with Crippen LogP contribution in [0.25, 0.3) is 0 Å². The molecular weight excluding hydrogens is 387 g/mol. The zero-order chi connectivity index (χ0) is 21.3. The molecule has 1 aliphatic heterocycles. The van der Waals surface area contributed by atoms with Gasteiger partial charge in [-0.25, -0.2) is 0 Å². The van der Waals surface area contributed by atoms with E-state index in [2.05, 4.69) is 0 Å². The van der Waals surface area contributed by atoms with E-state index in [0.29, 0.717) is 50.9 Å². The standard InChI is InChI=1S/C21H28F3NO4/c1-3-28-14-20(27)10-8-19(9-11-20)12-13-25(18(19)26)16-4-6-17(7-5-16)29-15(2)21(22,23)24/h4-7,15,27H,3,8-14H2,1-2H3/t15-,19-,20-/m0/s1. The molecule has 1 saturated carbocycles. The van der Waals surface area contributed by atoms with Crippen LogP contribution in [-0.2, 0) is 9.53 Å². The van der Waals surface area contributed by atoms with Crippen LogP contribution in [0.3, 0.4) is 0 Å². The Morgan fingerprint density at radius 2 is 1.76 bits per heavy atom. The molecule has 1 heterocycles. The lowest BCUT2D eigenvalue weighted by atomic mass is 9.68. The Balaban J connectivity index is 1.63. The highest BCUT2D eigenvalue weighted by atomic mass is 19.4. The van der Waals surface area contributed by atoms with Crippen LogP contribution in [0, 0.1) is 5.41 Å². The maximum Gasteiger partial charge on any atom is 0.425 e. The molecular formula is C21H28F3NO4. The summed E-state index contributed by atoms with van der Waals surface area (Å²) in [6, 6.07) is 6.14. The SMILES string of the molecule is CCOC[C@]1(O)CC[C@@]2(CCN(c3ccc(O[C@@H](C)C(F)(F)F)cc3)C2=O)CC1. The van der Waals surface area contributed by atoms with E-state index in [4.69, 9.17) is 9.47 Å². The number of rotatable bonds is 6. The van der Waals surface area contributed by atoms with Gasteiger partial charge in [-0.1, -0.05) is 0 Å². The zero-order valence-corrected chi connectivity index (χ0v) is 16.8. The average Bonchev–Trinajstić information content (AvgIpc) is 2.99. The summed E-state index contributed by atoms with van der Waals surface area (Å²) < 4.78 is 48.2. The van der Waals surface area contributed by atoms with Crippen molar-refractivity contribution in [2.45, 2.75) is 63.8 Å². The minimum Gasteiger partial charge on any atom is -0.481 e. The van der Waals surface area contributed by atoms with Gasteiger partial charge in [0.05, 0.1) is 17.6 Å². The van der Waals surface area contributed by atoms with Crippen LogP contribution in [0.2, 0.25) is 0 Å². The van der Waals surface area contributed by atoms with Gasteiger partial charge in [-0.05, 0) is 70.2 Å². The molecule has 0 radical (unpaired) electrons. The summed E-state index contributed by atoms with van der Waals surface area (Å²) >= 11 is 0. The third-order valence-corrected chi connectivity index (χ3v) is 6.15. The molecule has 0 bridgehead atoms. The molecule has 1 aromatic rings. The first kappa shape index (κ1) is 21.9. The van der Waals surface area contributed by atoms with Crippen LogP contribution in [0.4, 0.5) is 18.9 Å². The van der Waals surface area contributed by atoms with Crippen LogP contribution in [0.5, 0.6) is 5.75 Å². The van der Waals surface area contributed by atoms with E-state index in [0.717, 1.165) is 6.92 Å². The molecule has 1 aromatic carbocycles. The van der Waals surface area contributed by atoms with Gasteiger partial charge in [0.1, 0.15) is 5.75 Å². The fraction of sp³-hybridized carbons (Fsp3) is 0.667. The number of halogens is 3.